The molecule has 20 heavy (non-hydrogen) atoms. The van der Waals surface area contributed by atoms with Crippen molar-refractivity contribution < 1.29 is 4.79 Å². The zero-order chi connectivity index (χ0) is 14.7. The van der Waals surface area contributed by atoms with Crippen molar-refractivity contribution in [2.24, 2.45) is 0 Å². The van der Waals surface area contributed by atoms with E-state index in [1.54, 1.807) is 4.68 Å². The Morgan fingerprint density at radius 3 is 2.65 bits per heavy atom. The highest BCUT2D eigenvalue weighted by atomic mass is 79.9. The first-order valence-corrected chi connectivity index (χ1v) is 7.48. The standard InChI is InChI=1S/C15H18BrN3O/c1-4-12-9-14(19(5-2)18-12)15(20)17-13-7-10(3)6-11(16)8-13/h6-9H,4-5H2,1-3H3,(H,17,20). The summed E-state index contributed by atoms with van der Waals surface area (Å²) in [5.74, 6) is -0.128. The van der Waals surface area contributed by atoms with Crippen LogP contribution in [0.25, 0.3) is 0 Å². The second-order valence-electron chi connectivity index (χ2n) is 4.66. The maximum atomic E-state index is 12.4. The first-order valence-electron chi connectivity index (χ1n) is 6.68. The van der Waals surface area contributed by atoms with Crippen LogP contribution in [-0.2, 0) is 13.0 Å². The SMILES string of the molecule is CCc1cc(C(=O)Nc2cc(C)cc(Br)c2)n(CC)n1. The molecule has 0 aliphatic rings. The van der Waals surface area contributed by atoms with Crippen LogP contribution in [-0.4, -0.2) is 15.7 Å². The zero-order valence-corrected chi connectivity index (χ0v) is 13.5. The van der Waals surface area contributed by atoms with Gasteiger partial charge in [0.15, 0.2) is 0 Å². The predicted octanol–water partition coefficient (Wildman–Crippen LogP) is 3.79. The molecule has 1 amide bonds. The van der Waals surface area contributed by atoms with E-state index in [0.717, 1.165) is 27.8 Å². The number of benzene rings is 1. The van der Waals surface area contributed by atoms with Crippen LogP contribution in [0.5, 0.6) is 0 Å². The summed E-state index contributed by atoms with van der Waals surface area (Å²) in [4.78, 5) is 12.4. The van der Waals surface area contributed by atoms with Gasteiger partial charge in [-0.15, -0.1) is 0 Å². The molecule has 0 bridgehead atoms. The Morgan fingerprint density at radius 1 is 1.30 bits per heavy atom. The van der Waals surface area contributed by atoms with E-state index in [4.69, 9.17) is 0 Å². The topological polar surface area (TPSA) is 46.9 Å². The van der Waals surface area contributed by atoms with Crippen molar-refractivity contribution in [3.05, 3.63) is 45.7 Å². The fourth-order valence-electron chi connectivity index (χ4n) is 2.07. The second-order valence-corrected chi connectivity index (χ2v) is 5.58. The molecular formula is C15H18BrN3O. The molecule has 1 heterocycles. The Labute approximate surface area is 127 Å². The first-order chi connectivity index (χ1) is 9.53. The highest BCUT2D eigenvalue weighted by Gasteiger charge is 2.14. The number of anilines is 1. The van der Waals surface area contributed by atoms with Gasteiger partial charge in [0.2, 0.25) is 0 Å². The maximum absolute atomic E-state index is 12.4. The third kappa shape index (κ3) is 3.28. The molecule has 0 saturated heterocycles. The third-order valence-electron chi connectivity index (χ3n) is 3.02. The van der Waals surface area contributed by atoms with Crippen LogP contribution in [0.3, 0.4) is 0 Å². The van der Waals surface area contributed by atoms with Crippen LogP contribution in [0.1, 0.15) is 35.6 Å². The molecule has 0 unspecified atom stereocenters. The molecule has 1 aromatic carbocycles. The van der Waals surface area contributed by atoms with Gasteiger partial charge in [-0.1, -0.05) is 22.9 Å². The fourth-order valence-corrected chi connectivity index (χ4v) is 2.68. The van der Waals surface area contributed by atoms with Crippen molar-refractivity contribution >= 4 is 27.5 Å². The van der Waals surface area contributed by atoms with Crippen LogP contribution in [0.2, 0.25) is 0 Å². The Morgan fingerprint density at radius 2 is 2.05 bits per heavy atom. The minimum Gasteiger partial charge on any atom is -0.321 e. The summed E-state index contributed by atoms with van der Waals surface area (Å²) in [6.45, 7) is 6.68. The first kappa shape index (κ1) is 14.8. The highest BCUT2D eigenvalue weighted by molar-refractivity contribution is 9.10. The summed E-state index contributed by atoms with van der Waals surface area (Å²) in [7, 11) is 0. The lowest BCUT2D eigenvalue weighted by atomic mass is 10.2. The molecule has 0 spiro atoms. The number of rotatable bonds is 4. The van der Waals surface area contributed by atoms with E-state index in [0.29, 0.717) is 12.2 Å². The van der Waals surface area contributed by atoms with E-state index in [9.17, 15) is 4.79 Å². The maximum Gasteiger partial charge on any atom is 0.273 e. The summed E-state index contributed by atoms with van der Waals surface area (Å²) in [6, 6.07) is 7.68. The molecule has 2 rings (SSSR count). The third-order valence-corrected chi connectivity index (χ3v) is 3.48. The summed E-state index contributed by atoms with van der Waals surface area (Å²) in [5, 5.41) is 7.31. The molecule has 2 aromatic rings. The van der Waals surface area contributed by atoms with Gasteiger partial charge in [-0.25, -0.2) is 0 Å². The quantitative estimate of drug-likeness (QED) is 0.923. The van der Waals surface area contributed by atoms with Crippen molar-refractivity contribution in [1.29, 1.82) is 0 Å². The average Bonchev–Trinajstić information content (AvgIpc) is 2.80. The highest BCUT2D eigenvalue weighted by Crippen LogP contribution is 2.20. The van der Waals surface area contributed by atoms with Crippen LogP contribution < -0.4 is 5.32 Å². The van der Waals surface area contributed by atoms with Crippen molar-refractivity contribution in [3.63, 3.8) is 0 Å². The molecule has 5 heteroatoms. The molecule has 0 saturated carbocycles. The number of hydrogen-bond donors (Lipinski definition) is 1. The van der Waals surface area contributed by atoms with Gasteiger partial charge < -0.3 is 5.32 Å². The van der Waals surface area contributed by atoms with E-state index >= 15 is 0 Å². The van der Waals surface area contributed by atoms with Gasteiger partial charge in [0.1, 0.15) is 5.69 Å². The molecule has 0 radical (unpaired) electrons. The number of nitrogens with zero attached hydrogens (tertiary/aromatic N) is 2. The normalized spacial score (nSPS) is 10.6. The number of halogens is 1. The Hall–Kier alpha value is -1.62. The number of amides is 1. The van der Waals surface area contributed by atoms with Crippen LogP contribution in [0.15, 0.2) is 28.7 Å². The predicted molar refractivity (Wildman–Crippen MR) is 84.1 cm³/mol. The Bertz CT molecular complexity index is 614. The lowest BCUT2D eigenvalue weighted by Gasteiger charge is -2.08. The van der Waals surface area contributed by atoms with E-state index in [-0.39, 0.29) is 5.91 Å². The van der Waals surface area contributed by atoms with E-state index in [1.165, 1.54) is 0 Å². The van der Waals surface area contributed by atoms with Gasteiger partial charge in [-0.05, 0) is 50.1 Å². The Kier molecular flexibility index (Phi) is 4.60. The number of carbonyl (C=O) groups excluding carboxylic acids is 1. The molecule has 0 aliphatic carbocycles. The van der Waals surface area contributed by atoms with Crippen molar-refractivity contribution in [1.82, 2.24) is 9.78 Å². The monoisotopic (exact) mass is 335 g/mol. The van der Waals surface area contributed by atoms with Gasteiger partial charge >= 0.3 is 0 Å². The molecule has 4 nitrogen and oxygen atoms in total. The van der Waals surface area contributed by atoms with E-state index in [2.05, 4.69) is 26.3 Å². The minimum absolute atomic E-state index is 0.128. The molecule has 106 valence electrons. The summed E-state index contributed by atoms with van der Waals surface area (Å²) >= 11 is 3.43. The lowest BCUT2D eigenvalue weighted by Crippen LogP contribution is -2.17. The number of nitrogens with one attached hydrogen (secondary N) is 1. The number of hydrogen-bond acceptors (Lipinski definition) is 2. The van der Waals surface area contributed by atoms with Crippen molar-refractivity contribution in [2.75, 3.05) is 5.32 Å². The van der Waals surface area contributed by atoms with Gasteiger partial charge in [0.25, 0.3) is 5.91 Å². The number of carbonyl (C=O) groups is 1. The smallest absolute Gasteiger partial charge is 0.273 e. The Balaban J connectivity index is 2.25. The molecule has 0 fully saturated rings. The number of aromatic nitrogens is 2. The largest absolute Gasteiger partial charge is 0.321 e. The minimum atomic E-state index is -0.128. The molecular weight excluding hydrogens is 318 g/mol. The molecule has 1 aromatic heterocycles. The summed E-state index contributed by atoms with van der Waals surface area (Å²) in [5.41, 5.74) is 3.40. The second kappa shape index (κ2) is 6.22. The van der Waals surface area contributed by atoms with Gasteiger partial charge in [-0.3, -0.25) is 9.48 Å². The van der Waals surface area contributed by atoms with Gasteiger partial charge in [0.05, 0.1) is 5.69 Å². The van der Waals surface area contributed by atoms with E-state index < -0.39 is 0 Å². The van der Waals surface area contributed by atoms with E-state index in [1.807, 2.05) is 45.0 Å². The lowest BCUT2D eigenvalue weighted by molar-refractivity contribution is 0.101. The van der Waals surface area contributed by atoms with Crippen molar-refractivity contribution in [3.8, 4) is 0 Å². The zero-order valence-electron chi connectivity index (χ0n) is 11.9. The average molecular weight is 336 g/mol. The molecule has 1 N–H and O–H groups in total. The van der Waals surface area contributed by atoms with Crippen LogP contribution in [0, 0.1) is 6.92 Å². The molecule has 0 aliphatic heterocycles. The van der Waals surface area contributed by atoms with Crippen LogP contribution in [0.4, 0.5) is 5.69 Å². The number of aryl methyl sites for hydroxylation is 3. The van der Waals surface area contributed by atoms with Crippen molar-refractivity contribution in [2.45, 2.75) is 33.7 Å². The van der Waals surface area contributed by atoms with Gasteiger partial charge in [-0.2, -0.15) is 5.10 Å². The van der Waals surface area contributed by atoms with Gasteiger partial charge in [0, 0.05) is 16.7 Å². The molecule has 0 atom stereocenters. The summed E-state index contributed by atoms with van der Waals surface area (Å²) < 4.78 is 2.69. The van der Waals surface area contributed by atoms with Crippen LogP contribution >= 0.6 is 15.9 Å². The fraction of sp³-hybridized carbons (Fsp3) is 0.333. The summed E-state index contributed by atoms with van der Waals surface area (Å²) in [6.07, 6.45) is 0.823.